The van der Waals surface area contributed by atoms with E-state index in [1.807, 2.05) is 36.4 Å². The molecule has 2 amide bonds. The van der Waals surface area contributed by atoms with Crippen LogP contribution in [0.2, 0.25) is 0 Å². The van der Waals surface area contributed by atoms with Crippen molar-refractivity contribution in [3.05, 3.63) is 84.2 Å². The van der Waals surface area contributed by atoms with Gasteiger partial charge in [-0.15, -0.1) is 13.2 Å². The van der Waals surface area contributed by atoms with E-state index in [0.717, 1.165) is 23.3 Å². The van der Waals surface area contributed by atoms with Crippen LogP contribution in [0, 0.1) is 0 Å². The topological polar surface area (TPSA) is 76.0 Å². The van der Waals surface area contributed by atoms with Gasteiger partial charge in [0, 0.05) is 24.0 Å². The molecule has 170 valence electrons. The smallest absolute Gasteiger partial charge is 0.497 e. The Morgan fingerprint density at radius 2 is 1.64 bits per heavy atom. The predicted octanol–water partition coefficient (Wildman–Crippen LogP) is 5.02. The first-order valence-corrected chi connectivity index (χ1v) is 9.89. The summed E-state index contributed by atoms with van der Waals surface area (Å²) in [6.45, 7) is 0.284. The standard InChI is InChI=1S/C23H19F3N4O3/c1-32-18-6-2-16(3-7-18)21-20(15-10-12-27-13-11-15)14-30(29-21)22(31)28-17-4-8-19(9-5-17)33-23(24,25)26/h2-13,20H,14H2,1H3,(H,28,31). The third-order valence-corrected chi connectivity index (χ3v) is 4.98. The molecule has 0 saturated heterocycles. The number of pyridine rings is 1. The Morgan fingerprint density at radius 1 is 1.00 bits per heavy atom. The number of alkyl halides is 3. The number of ether oxygens (including phenoxy) is 2. The first-order valence-electron chi connectivity index (χ1n) is 9.89. The minimum atomic E-state index is -4.78. The molecule has 1 aromatic heterocycles. The highest BCUT2D eigenvalue weighted by molar-refractivity contribution is 6.07. The third-order valence-electron chi connectivity index (χ3n) is 4.98. The van der Waals surface area contributed by atoms with Crippen molar-refractivity contribution >= 4 is 17.4 Å². The summed E-state index contributed by atoms with van der Waals surface area (Å²) in [6, 6.07) is 15.5. The number of halogens is 3. The lowest BCUT2D eigenvalue weighted by Crippen LogP contribution is -2.30. The van der Waals surface area contributed by atoms with E-state index in [1.54, 1.807) is 19.5 Å². The molecule has 2 aromatic carbocycles. The van der Waals surface area contributed by atoms with Gasteiger partial charge in [0.25, 0.3) is 0 Å². The van der Waals surface area contributed by atoms with E-state index in [0.29, 0.717) is 17.1 Å². The maximum atomic E-state index is 12.8. The monoisotopic (exact) mass is 456 g/mol. The molecule has 1 atom stereocenters. The van der Waals surface area contributed by atoms with Crippen molar-refractivity contribution in [2.75, 3.05) is 19.0 Å². The van der Waals surface area contributed by atoms with Gasteiger partial charge in [-0.3, -0.25) is 4.98 Å². The lowest BCUT2D eigenvalue weighted by atomic mass is 9.91. The maximum Gasteiger partial charge on any atom is 0.573 e. The summed E-state index contributed by atoms with van der Waals surface area (Å²) >= 11 is 0. The Kier molecular flexibility index (Phi) is 6.16. The minimum absolute atomic E-state index is 0.185. The Bertz CT molecular complexity index is 1130. The van der Waals surface area contributed by atoms with Gasteiger partial charge in [0.1, 0.15) is 11.5 Å². The normalized spacial score (nSPS) is 15.7. The van der Waals surface area contributed by atoms with Crippen LogP contribution in [-0.2, 0) is 0 Å². The second-order valence-corrected chi connectivity index (χ2v) is 7.13. The number of hydrogen-bond acceptors (Lipinski definition) is 5. The molecule has 0 bridgehead atoms. The molecule has 1 unspecified atom stereocenters. The SMILES string of the molecule is COc1ccc(C2=NN(C(=O)Nc3ccc(OC(F)(F)F)cc3)CC2c2ccncc2)cc1. The molecule has 0 fully saturated rings. The van der Waals surface area contributed by atoms with Crippen molar-refractivity contribution in [1.82, 2.24) is 9.99 Å². The third kappa shape index (κ3) is 5.40. The van der Waals surface area contributed by atoms with Crippen LogP contribution in [0.25, 0.3) is 0 Å². The van der Waals surface area contributed by atoms with Gasteiger partial charge in [-0.05, 0) is 71.8 Å². The Balaban J connectivity index is 1.54. The maximum absolute atomic E-state index is 12.8. The molecular weight excluding hydrogens is 437 g/mol. The first kappa shape index (κ1) is 22.1. The molecule has 0 saturated carbocycles. The number of hydrazone groups is 1. The highest BCUT2D eigenvalue weighted by atomic mass is 19.4. The van der Waals surface area contributed by atoms with Crippen molar-refractivity contribution in [3.63, 3.8) is 0 Å². The number of anilines is 1. The van der Waals surface area contributed by atoms with Crippen molar-refractivity contribution in [2.24, 2.45) is 5.10 Å². The lowest BCUT2D eigenvalue weighted by molar-refractivity contribution is -0.274. The molecule has 3 aromatic rings. The van der Waals surface area contributed by atoms with E-state index in [2.05, 4.69) is 20.1 Å². The summed E-state index contributed by atoms with van der Waals surface area (Å²) in [7, 11) is 1.58. The molecule has 4 rings (SSSR count). The van der Waals surface area contributed by atoms with Crippen molar-refractivity contribution < 1.29 is 27.4 Å². The van der Waals surface area contributed by atoms with E-state index in [4.69, 9.17) is 4.74 Å². The van der Waals surface area contributed by atoms with Crippen LogP contribution in [0.4, 0.5) is 23.7 Å². The summed E-state index contributed by atoms with van der Waals surface area (Å²) in [6.07, 6.45) is -1.43. The van der Waals surface area contributed by atoms with Crippen LogP contribution < -0.4 is 14.8 Å². The fourth-order valence-corrected chi connectivity index (χ4v) is 3.44. The van der Waals surface area contributed by atoms with Gasteiger partial charge in [-0.1, -0.05) is 0 Å². The molecule has 2 heterocycles. The molecule has 1 N–H and O–H groups in total. The molecule has 1 aliphatic heterocycles. The van der Waals surface area contributed by atoms with Gasteiger partial charge >= 0.3 is 12.4 Å². The van der Waals surface area contributed by atoms with Crippen LogP contribution >= 0.6 is 0 Å². The molecule has 0 radical (unpaired) electrons. The number of nitrogens with zero attached hydrogens (tertiary/aromatic N) is 3. The first-order chi connectivity index (χ1) is 15.8. The van der Waals surface area contributed by atoms with Gasteiger partial charge in [0.05, 0.1) is 19.4 Å². The van der Waals surface area contributed by atoms with Crippen molar-refractivity contribution in [1.29, 1.82) is 0 Å². The molecule has 1 aliphatic rings. The molecule has 0 spiro atoms. The number of methoxy groups -OCH3 is 1. The number of carbonyl (C=O) groups is 1. The Hall–Kier alpha value is -4.08. The van der Waals surface area contributed by atoms with Gasteiger partial charge in [-0.2, -0.15) is 5.10 Å². The van der Waals surface area contributed by atoms with Gasteiger partial charge in [-0.25, -0.2) is 9.80 Å². The number of aromatic nitrogens is 1. The second kappa shape index (κ2) is 9.19. The molecule has 7 nitrogen and oxygen atoms in total. The van der Waals surface area contributed by atoms with E-state index in [9.17, 15) is 18.0 Å². The number of benzene rings is 2. The molecule has 10 heteroatoms. The fraction of sp³-hybridized carbons (Fsp3) is 0.174. The zero-order chi connectivity index (χ0) is 23.4. The summed E-state index contributed by atoms with van der Waals surface area (Å²) < 4.78 is 46.0. The van der Waals surface area contributed by atoms with Crippen LogP contribution in [0.5, 0.6) is 11.5 Å². The van der Waals surface area contributed by atoms with E-state index >= 15 is 0 Å². The minimum Gasteiger partial charge on any atom is -0.497 e. The van der Waals surface area contributed by atoms with Gasteiger partial charge < -0.3 is 14.8 Å². The van der Waals surface area contributed by atoms with Crippen LogP contribution in [0.3, 0.4) is 0 Å². The number of hydrogen-bond donors (Lipinski definition) is 1. The summed E-state index contributed by atoms with van der Waals surface area (Å²) in [4.78, 5) is 16.9. The quantitative estimate of drug-likeness (QED) is 0.585. The summed E-state index contributed by atoms with van der Waals surface area (Å²) in [5, 5.41) is 8.48. The van der Waals surface area contributed by atoms with E-state index in [1.165, 1.54) is 17.1 Å². The van der Waals surface area contributed by atoms with Crippen molar-refractivity contribution in [2.45, 2.75) is 12.3 Å². The lowest BCUT2D eigenvalue weighted by Gasteiger charge is -2.16. The van der Waals surface area contributed by atoms with E-state index < -0.39 is 12.4 Å². The van der Waals surface area contributed by atoms with Gasteiger partial charge in [0.15, 0.2) is 0 Å². The number of urea groups is 1. The Labute approximate surface area is 187 Å². The second-order valence-electron chi connectivity index (χ2n) is 7.13. The molecular formula is C23H19F3N4O3. The number of nitrogens with one attached hydrogen (secondary N) is 1. The summed E-state index contributed by atoms with van der Waals surface area (Å²) in [5.41, 5.74) is 2.79. The highest BCUT2D eigenvalue weighted by Crippen LogP contribution is 2.30. The van der Waals surface area contributed by atoms with E-state index in [-0.39, 0.29) is 18.2 Å². The average Bonchev–Trinajstić information content (AvgIpc) is 3.26. The number of amides is 2. The zero-order valence-corrected chi connectivity index (χ0v) is 17.4. The molecule has 33 heavy (non-hydrogen) atoms. The van der Waals surface area contributed by atoms with Crippen LogP contribution in [0.1, 0.15) is 17.0 Å². The average molecular weight is 456 g/mol. The number of rotatable bonds is 5. The number of carbonyl (C=O) groups excluding carboxylic acids is 1. The van der Waals surface area contributed by atoms with Crippen molar-refractivity contribution in [3.8, 4) is 11.5 Å². The zero-order valence-electron chi connectivity index (χ0n) is 17.4. The largest absolute Gasteiger partial charge is 0.573 e. The van der Waals surface area contributed by atoms with Crippen LogP contribution in [0.15, 0.2) is 78.2 Å². The van der Waals surface area contributed by atoms with Gasteiger partial charge in [0.2, 0.25) is 0 Å². The predicted molar refractivity (Wildman–Crippen MR) is 115 cm³/mol. The molecule has 0 aliphatic carbocycles. The Morgan fingerprint density at radius 3 is 2.24 bits per heavy atom. The fourth-order valence-electron chi connectivity index (χ4n) is 3.44. The van der Waals surface area contributed by atoms with Crippen LogP contribution in [-0.4, -0.2) is 41.8 Å². The highest BCUT2D eigenvalue weighted by Gasteiger charge is 2.33. The summed E-state index contributed by atoms with van der Waals surface area (Å²) in [5.74, 6) is 0.138.